The minimum Gasteiger partial charge on any atom is -0.325 e. The molecule has 1 saturated carbocycles. The van der Waals surface area contributed by atoms with Gasteiger partial charge in [-0.05, 0) is 49.8 Å². The predicted octanol–water partition coefficient (Wildman–Crippen LogP) is 3.45. The van der Waals surface area contributed by atoms with Crippen molar-refractivity contribution in [1.29, 1.82) is 0 Å². The molecule has 0 aromatic heterocycles. The molecule has 2 atom stereocenters. The van der Waals surface area contributed by atoms with Gasteiger partial charge in [-0.25, -0.2) is 0 Å². The molecule has 3 nitrogen and oxygen atoms in total. The number of nitrogens with zero attached hydrogens (tertiary/aromatic N) is 1. The quantitative estimate of drug-likeness (QED) is 0.923. The van der Waals surface area contributed by atoms with Gasteiger partial charge < -0.3 is 5.32 Å². The Balaban J connectivity index is 1.52. The summed E-state index contributed by atoms with van der Waals surface area (Å²) in [7, 11) is 0. The van der Waals surface area contributed by atoms with Crippen molar-refractivity contribution in [1.82, 2.24) is 4.90 Å². The van der Waals surface area contributed by atoms with E-state index in [9.17, 15) is 4.79 Å². The third-order valence-corrected chi connectivity index (χ3v) is 5.16. The van der Waals surface area contributed by atoms with E-state index >= 15 is 0 Å². The number of fused-ring (bicyclic) bond motifs is 1. The number of anilines is 1. The summed E-state index contributed by atoms with van der Waals surface area (Å²) in [6.45, 7) is 4.77. The van der Waals surface area contributed by atoms with E-state index in [1.165, 1.54) is 32.1 Å². The van der Waals surface area contributed by atoms with Gasteiger partial charge in [-0.15, -0.1) is 0 Å². The van der Waals surface area contributed by atoms with E-state index in [1.54, 1.807) is 0 Å². The van der Waals surface area contributed by atoms with Crippen LogP contribution in [0.3, 0.4) is 0 Å². The van der Waals surface area contributed by atoms with Gasteiger partial charge in [-0.3, -0.25) is 9.69 Å². The highest BCUT2D eigenvalue weighted by Gasteiger charge is 2.31. The number of aryl methyl sites for hydroxylation is 1. The molecular weight excluding hydrogens is 260 g/mol. The summed E-state index contributed by atoms with van der Waals surface area (Å²) >= 11 is 0. The van der Waals surface area contributed by atoms with E-state index in [0.717, 1.165) is 36.2 Å². The third-order valence-electron chi connectivity index (χ3n) is 5.16. The normalized spacial score (nSPS) is 26.1. The van der Waals surface area contributed by atoms with E-state index in [1.807, 2.05) is 31.2 Å². The van der Waals surface area contributed by atoms with Crippen molar-refractivity contribution in [3.05, 3.63) is 29.8 Å². The number of carbonyl (C=O) groups excluding carboxylic acids is 1. The van der Waals surface area contributed by atoms with Gasteiger partial charge in [0.05, 0.1) is 6.54 Å². The van der Waals surface area contributed by atoms with E-state index in [2.05, 4.69) is 10.2 Å². The number of benzene rings is 1. The average molecular weight is 286 g/mol. The van der Waals surface area contributed by atoms with Gasteiger partial charge in [-0.2, -0.15) is 0 Å². The van der Waals surface area contributed by atoms with Crippen molar-refractivity contribution in [3.63, 3.8) is 0 Å². The van der Waals surface area contributed by atoms with Crippen molar-refractivity contribution < 1.29 is 4.79 Å². The molecule has 2 fully saturated rings. The summed E-state index contributed by atoms with van der Waals surface area (Å²) in [6.07, 6.45) is 6.84. The van der Waals surface area contributed by atoms with Gasteiger partial charge in [0.15, 0.2) is 0 Å². The molecule has 1 aliphatic carbocycles. The summed E-state index contributed by atoms with van der Waals surface area (Å²) in [5.41, 5.74) is 2.06. The van der Waals surface area contributed by atoms with Crippen LogP contribution in [0.25, 0.3) is 0 Å². The Kier molecular flexibility index (Phi) is 4.59. The van der Waals surface area contributed by atoms with Gasteiger partial charge in [0, 0.05) is 12.2 Å². The van der Waals surface area contributed by atoms with E-state index in [0.29, 0.717) is 6.54 Å². The number of carbonyl (C=O) groups is 1. The Labute approximate surface area is 127 Å². The molecule has 0 spiro atoms. The highest BCUT2D eigenvalue weighted by atomic mass is 16.2. The van der Waals surface area contributed by atoms with Crippen LogP contribution in [0.5, 0.6) is 0 Å². The lowest BCUT2D eigenvalue weighted by molar-refractivity contribution is -0.118. The molecule has 1 aromatic rings. The molecule has 0 unspecified atom stereocenters. The largest absolute Gasteiger partial charge is 0.325 e. The number of hydrogen-bond acceptors (Lipinski definition) is 2. The highest BCUT2D eigenvalue weighted by Crippen LogP contribution is 2.35. The molecule has 1 heterocycles. The van der Waals surface area contributed by atoms with Crippen molar-refractivity contribution in [2.75, 3.05) is 25.0 Å². The van der Waals surface area contributed by atoms with E-state index in [4.69, 9.17) is 0 Å². The van der Waals surface area contributed by atoms with E-state index in [-0.39, 0.29) is 5.91 Å². The zero-order valence-electron chi connectivity index (χ0n) is 13.0. The fourth-order valence-electron chi connectivity index (χ4n) is 3.93. The molecule has 21 heavy (non-hydrogen) atoms. The van der Waals surface area contributed by atoms with Crippen LogP contribution in [-0.4, -0.2) is 30.4 Å². The summed E-state index contributed by atoms with van der Waals surface area (Å²) in [5.74, 6) is 1.88. The van der Waals surface area contributed by atoms with Gasteiger partial charge in [0.2, 0.25) is 5.91 Å². The molecule has 3 heteroatoms. The summed E-state index contributed by atoms with van der Waals surface area (Å²) in [5, 5.41) is 3.05. The lowest BCUT2D eigenvalue weighted by Gasteiger charge is -2.41. The molecule has 1 N–H and O–H groups in total. The van der Waals surface area contributed by atoms with Gasteiger partial charge in [0.1, 0.15) is 0 Å². The van der Waals surface area contributed by atoms with Crippen LogP contribution in [0.2, 0.25) is 0 Å². The number of para-hydroxylation sites is 1. The Morgan fingerprint density at radius 1 is 1.19 bits per heavy atom. The molecule has 1 saturated heterocycles. The minimum absolute atomic E-state index is 0.124. The van der Waals surface area contributed by atoms with Crippen LogP contribution in [0.15, 0.2) is 24.3 Å². The van der Waals surface area contributed by atoms with Gasteiger partial charge in [0.25, 0.3) is 0 Å². The number of hydrogen-bond donors (Lipinski definition) is 1. The topological polar surface area (TPSA) is 32.3 Å². The maximum atomic E-state index is 12.2. The molecule has 0 radical (unpaired) electrons. The standard InChI is InChI=1S/C18H26N2O/c1-14-6-2-5-9-17(14)19-18(21)13-20-11-10-15-7-3-4-8-16(15)12-20/h2,5-6,9,15-16H,3-4,7-8,10-13H2,1H3,(H,19,21)/t15-,16-/m1/s1. The SMILES string of the molecule is Cc1ccccc1NC(=O)CN1CC[C@H]2CCCC[C@@H]2C1. The maximum Gasteiger partial charge on any atom is 0.238 e. The highest BCUT2D eigenvalue weighted by molar-refractivity contribution is 5.92. The number of rotatable bonds is 3. The first-order valence-corrected chi connectivity index (χ1v) is 8.30. The first-order valence-electron chi connectivity index (χ1n) is 8.30. The minimum atomic E-state index is 0.124. The number of piperidine rings is 1. The Morgan fingerprint density at radius 2 is 1.95 bits per heavy atom. The Morgan fingerprint density at radius 3 is 2.76 bits per heavy atom. The van der Waals surface area contributed by atoms with Crippen LogP contribution in [0.1, 0.15) is 37.7 Å². The predicted molar refractivity (Wildman–Crippen MR) is 86.3 cm³/mol. The van der Waals surface area contributed by atoms with Crippen LogP contribution in [0, 0.1) is 18.8 Å². The fraction of sp³-hybridized carbons (Fsp3) is 0.611. The summed E-state index contributed by atoms with van der Waals surface area (Å²) in [6, 6.07) is 7.97. The van der Waals surface area contributed by atoms with Crippen LogP contribution >= 0.6 is 0 Å². The number of nitrogens with one attached hydrogen (secondary N) is 1. The average Bonchev–Trinajstić information content (AvgIpc) is 2.49. The monoisotopic (exact) mass is 286 g/mol. The summed E-state index contributed by atoms with van der Waals surface area (Å²) < 4.78 is 0. The molecule has 2 aliphatic rings. The van der Waals surface area contributed by atoms with Crippen molar-refractivity contribution in [2.45, 2.75) is 39.0 Å². The van der Waals surface area contributed by atoms with Crippen LogP contribution < -0.4 is 5.32 Å². The van der Waals surface area contributed by atoms with Crippen molar-refractivity contribution in [3.8, 4) is 0 Å². The fourth-order valence-corrected chi connectivity index (χ4v) is 3.93. The first-order chi connectivity index (χ1) is 10.2. The van der Waals surface area contributed by atoms with Gasteiger partial charge in [-0.1, -0.05) is 37.5 Å². The zero-order chi connectivity index (χ0) is 14.7. The molecule has 114 valence electrons. The first kappa shape index (κ1) is 14.6. The molecular formula is C18H26N2O. The lowest BCUT2D eigenvalue weighted by Crippen LogP contribution is -2.44. The second-order valence-electron chi connectivity index (χ2n) is 6.69. The van der Waals surface area contributed by atoms with Gasteiger partial charge >= 0.3 is 0 Å². The third kappa shape index (κ3) is 3.65. The second-order valence-corrected chi connectivity index (χ2v) is 6.69. The zero-order valence-corrected chi connectivity index (χ0v) is 13.0. The number of likely N-dealkylation sites (tertiary alicyclic amines) is 1. The molecule has 0 bridgehead atoms. The molecule has 1 aromatic carbocycles. The van der Waals surface area contributed by atoms with Crippen molar-refractivity contribution in [2.24, 2.45) is 11.8 Å². The van der Waals surface area contributed by atoms with Crippen molar-refractivity contribution >= 4 is 11.6 Å². The van der Waals surface area contributed by atoms with E-state index < -0.39 is 0 Å². The second kappa shape index (κ2) is 6.61. The smallest absolute Gasteiger partial charge is 0.238 e. The Bertz CT molecular complexity index is 500. The lowest BCUT2D eigenvalue weighted by atomic mass is 9.75. The molecule has 1 aliphatic heterocycles. The maximum absolute atomic E-state index is 12.2. The molecule has 1 amide bonds. The number of amides is 1. The Hall–Kier alpha value is -1.35. The van der Waals surface area contributed by atoms with Crippen LogP contribution in [-0.2, 0) is 4.79 Å². The summed E-state index contributed by atoms with van der Waals surface area (Å²) in [4.78, 5) is 14.6. The molecule has 3 rings (SSSR count). The van der Waals surface area contributed by atoms with Crippen LogP contribution in [0.4, 0.5) is 5.69 Å².